The van der Waals surface area contributed by atoms with E-state index < -0.39 is 0 Å². The minimum atomic E-state index is 0.201. The molecule has 2 heterocycles. The first-order chi connectivity index (χ1) is 9.31. The van der Waals surface area contributed by atoms with Gasteiger partial charge in [-0.15, -0.1) is 0 Å². The Balaban J connectivity index is 2.26. The Hall–Kier alpha value is -0.910. The Morgan fingerprint density at radius 2 is 2.32 bits per heavy atom. The number of imidazole rings is 1. The molecule has 108 valence electrons. The minimum Gasteiger partial charge on any atom is -0.374 e. The number of ether oxygens (including phenoxy) is 1. The molecule has 0 spiro atoms. The highest BCUT2D eigenvalue weighted by atomic mass is 16.5. The van der Waals surface area contributed by atoms with Gasteiger partial charge in [-0.3, -0.25) is 4.90 Å². The molecule has 1 aromatic rings. The van der Waals surface area contributed by atoms with E-state index >= 15 is 0 Å². The van der Waals surface area contributed by atoms with Gasteiger partial charge in [0.1, 0.15) is 0 Å². The van der Waals surface area contributed by atoms with Crippen LogP contribution in [0.1, 0.15) is 32.0 Å². The number of hydrogen-bond acceptors (Lipinski definition) is 4. The molecule has 2 rings (SSSR count). The fourth-order valence-corrected chi connectivity index (χ4v) is 2.92. The van der Waals surface area contributed by atoms with Gasteiger partial charge in [0.25, 0.3) is 0 Å². The molecule has 1 aliphatic rings. The monoisotopic (exact) mass is 266 g/mol. The molecular weight excluding hydrogens is 240 g/mol. The van der Waals surface area contributed by atoms with Crippen LogP contribution < -0.4 is 5.32 Å². The minimum absolute atomic E-state index is 0.201. The zero-order valence-corrected chi connectivity index (χ0v) is 12.3. The third-order valence-electron chi connectivity index (χ3n) is 3.76. The number of rotatable bonds is 6. The molecule has 0 aliphatic carbocycles. The van der Waals surface area contributed by atoms with Crippen molar-refractivity contribution in [3.05, 3.63) is 18.2 Å². The van der Waals surface area contributed by atoms with Gasteiger partial charge in [-0.2, -0.15) is 0 Å². The van der Waals surface area contributed by atoms with E-state index in [1.165, 1.54) is 12.1 Å². The molecule has 1 aromatic heterocycles. The summed E-state index contributed by atoms with van der Waals surface area (Å²) in [4.78, 5) is 6.85. The van der Waals surface area contributed by atoms with Gasteiger partial charge in [0.05, 0.1) is 30.8 Å². The highest BCUT2D eigenvalue weighted by molar-refractivity contribution is 5.10. The van der Waals surface area contributed by atoms with Crippen molar-refractivity contribution in [1.82, 2.24) is 19.8 Å². The first-order valence-electron chi connectivity index (χ1n) is 7.32. The quantitative estimate of drug-likeness (QED) is 0.842. The largest absolute Gasteiger partial charge is 0.374 e. The summed E-state index contributed by atoms with van der Waals surface area (Å²) in [6.45, 7) is 9.17. The Morgan fingerprint density at radius 1 is 1.47 bits per heavy atom. The number of morpholine rings is 1. The lowest BCUT2D eigenvalue weighted by molar-refractivity contribution is -0.0727. The van der Waals surface area contributed by atoms with Crippen LogP contribution in [-0.4, -0.2) is 53.8 Å². The summed E-state index contributed by atoms with van der Waals surface area (Å²) in [5.41, 5.74) is 1.27. The Labute approximate surface area is 116 Å². The SMILES string of the molecule is CCCN1CCOC(CNC)C1c1cncn1CC. The molecule has 0 amide bonds. The van der Waals surface area contributed by atoms with E-state index in [1.54, 1.807) is 0 Å². The van der Waals surface area contributed by atoms with Crippen molar-refractivity contribution >= 4 is 0 Å². The van der Waals surface area contributed by atoms with Crippen molar-refractivity contribution < 1.29 is 4.74 Å². The fraction of sp³-hybridized carbons (Fsp3) is 0.786. The summed E-state index contributed by atoms with van der Waals surface area (Å²) in [5.74, 6) is 0. The summed E-state index contributed by atoms with van der Waals surface area (Å²) in [6.07, 6.45) is 5.29. The van der Waals surface area contributed by atoms with E-state index in [0.29, 0.717) is 6.04 Å². The molecule has 5 heteroatoms. The van der Waals surface area contributed by atoms with E-state index in [-0.39, 0.29) is 6.10 Å². The summed E-state index contributed by atoms with van der Waals surface area (Å²) in [6, 6.07) is 0.309. The average molecular weight is 266 g/mol. The van der Waals surface area contributed by atoms with Gasteiger partial charge in [-0.1, -0.05) is 6.92 Å². The molecule has 1 N–H and O–H groups in total. The van der Waals surface area contributed by atoms with Crippen molar-refractivity contribution in [2.24, 2.45) is 0 Å². The van der Waals surface area contributed by atoms with E-state index in [9.17, 15) is 0 Å². The molecule has 1 aliphatic heterocycles. The van der Waals surface area contributed by atoms with Gasteiger partial charge in [0.15, 0.2) is 0 Å². The molecule has 5 nitrogen and oxygen atoms in total. The van der Waals surface area contributed by atoms with Crippen LogP contribution in [-0.2, 0) is 11.3 Å². The van der Waals surface area contributed by atoms with Crippen LogP contribution in [0.3, 0.4) is 0 Å². The smallest absolute Gasteiger partial charge is 0.0948 e. The van der Waals surface area contributed by atoms with Crippen LogP contribution in [0.5, 0.6) is 0 Å². The van der Waals surface area contributed by atoms with Crippen molar-refractivity contribution in [1.29, 1.82) is 0 Å². The number of hydrogen-bond donors (Lipinski definition) is 1. The van der Waals surface area contributed by atoms with Crippen LogP contribution in [0.15, 0.2) is 12.5 Å². The van der Waals surface area contributed by atoms with Crippen molar-refractivity contribution in [3.8, 4) is 0 Å². The molecular formula is C14H26N4O. The molecule has 19 heavy (non-hydrogen) atoms. The van der Waals surface area contributed by atoms with E-state index in [2.05, 4.69) is 33.6 Å². The molecule has 0 radical (unpaired) electrons. The first kappa shape index (κ1) is 14.5. The third kappa shape index (κ3) is 3.16. The Morgan fingerprint density at radius 3 is 3.00 bits per heavy atom. The number of aryl methyl sites for hydroxylation is 1. The lowest BCUT2D eigenvalue weighted by Crippen LogP contribution is -2.49. The van der Waals surface area contributed by atoms with Crippen LogP contribution in [0.2, 0.25) is 0 Å². The normalized spacial score (nSPS) is 24.8. The van der Waals surface area contributed by atoms with Gasteiger partial charge in [-0.05, 0) is 26.9 Å². The molecule has 0 saturated carbocycles. The van der Waals surface area contributed by atoms with Crippen molar-refractivity contribution in [2.75, 3.05) is 33.3 Å². The maximum atomic E-state index is 5.99. The zero-order valence-electron chi connectivity index (χ0n) is 12.3. The maximum absolute atomic E-state index is 5.99. The van der Waals surface area contributed by atoms with Crippen LogP contribution in [0.4, 0.5) is 0 Å². The van der Waals surface area contributed by atoms with Gasteiger partial charge < -0.3 is 14.6 Å². The molecule has 1 saturated heterocycles. The summed E-state index contributed by atoms with van der Waals surface area (Å²) < 4.78 is 8.21. The zero-order chi connectivity index (χ0) is 13.7. The van der Waals surface area contributed by atoms with Crippen molar-refractivity contribution in [2.45, 2.75) is 39.0 Å². The first-order valence-corrected chi connectivity index (χ1v) is 7.32. The highest BCUT2D eigenvalue weighted by Gasteiger charge is 2.34. The van der Waals surface area contributed by atoms with Crippen LogP contribution in [0, 0.1) is 0 Å². The predicted molar refractivity (Wildman–Crippen MR) is 76.2 cm³/mol. The van der Waals surface area contributed by atoms with Gasteiger partial charge in [0, 0.05) is 25.8 Å². The molecule has 0 bridgehead atoms. The Bertz CT molecular complexity index is 361. The number of likely N-dealkylation sites (N-methyl/N-ethyl adjacent to an activating group) is 1. The number of nitrogens with zero attached hydrogens (tertiary/aromatic N) is 3. The molecule has 1 fully saturated rings. The Kier molecular flexibility index (Phi) is 5.36. The predicted octanol–water partition coefficient (Wildman–Crippen LogP) is 1.27. The van der Waals surface area contributed by atoms with Crippen LogP contribution >= 0.6 is 0 Å². The van der Waals surface area contributed by atoms with E-state index in [0.717, 1.165) is 32.8 Å². The van der Waals surface area contributed by atoms with Gasteiger partial charge in [0.2, 0.25) is 0 Å². The second-order valence-corrected chi connectivity index (χ2v) is 5.05. The second kappa shape index (κ2) is 7.03. The van der Waals surface area contributed by atoms with Gasteiger partial charge in [-0.25, -0.2) is 4.98 Å². The summed E-state index contributed by atoms with van der Waals surface area (Å²) in [7, 11) is 1.98. The average Bonchev–Trinajstić information content (AvgIpc) is 2.88. The summed E-state index contributed by atoms with van der Waals surface area (Å²) >= 11 is 0. The van der Waals surface area contributed by atoms with E-state index in [1.807, 2.05) is 19.6 Å². The highest BCUT2D eigenvalue weighted by Crippen LogP contribution is 2.29. The summed E-state index contributed by atoms with van der Waals surface area (Å²) in [5, 5.41) is 3.25. The standard InChI is InChI=1S/C14H26N4O/c1-4-6-18-7-8-19-13(10-15-3)14(18)12-9-16-11-17(12)5-2/h9,11,13-15H,4-8,10H2,1-3H3. The van der Waals surface area contributed by atoms with Gasteiger partial charge >= 0.3 is 0 Å². The molecule has 2 atom stereocenters. The third-order valence-corrected chi connectivity index (χ3v) is 3.76. The topological polar surface area (TPSA) is 42.3 Å². The second-order valence-electron chi connectivity index (χ2n) is 5.05. The lowest BCUT2D eigenvalue weighted by Gasteiger charge is -2.41. The molecule has 0 aromatic carbocycles. The number of nitrogens with one attached hydrogen (secondary N) is 1. The number of aromatic nitrogens is 2. The maximum Gasteiger partial charge on any atom is 0.0948 e. The molecule has 2 unspecified atom stereocenters. The van der Waals surface area contributed by atoms with E-state index in [4.69, 9.17) is 4.74 Å². The van der Waals surface area contributed by atoms with Crippen LogP contribution in [0.25, 0.3) is 0 Å². The fourth-order valence-electron chi connectivity index (χ4n) is 2.92. The lowest BCUT2D eigenvalue weighted by atomic mass is 10.0. The van der Waals surface area contributed by atoms with Crippen molar-refractivity contribution in [3.63, 3.8) is 0 Å².